The number of carbonyl (C=O) groups excluding carboxylic acids is 1. The Morgan fingerprint density at radius 3 is 2.77 bits per heavy atom. The van der Waals surface area contributed by atoms with Crippen LogP contribution in [0, 0.1) is 5.82 Å². The van der Waals surface area contributed by atoms with Crippen LogP contribution in [-0.2, 0) is 0 Å². The van der Waals surface area contributed by atoms with Gasteiger partial charge in [0.1, 0.15) is 11.6 Å². The van der Waals surface area contributed by atoms with Crippen LogP contribution in [0.2, 0.25) is 0 Å². The van der Waals surface area contributed by atoms with E-state index in [4.69, 9.17) is 4.74 Å². The summed E-state index contributed by atoms with van der Waals surface area (Å²) in [6.45, 7) is 0. The molecule has 2 nitrogen and oxygen atoms in total. The summed E-state index contributed by atoms with van der Waals surface area (Å²) in [7, 11) is 0. The lowest BCUT2D eigenvalue weighted by Crippen LogP contribution is -1.97. The van der Waals surface area contributed by atoms with Crippen LogP contribution in [0.15, 0.2) is 18.2 Å². The fourth-order valence-corrected chi connectivity index (χ4v) is 1.06. The predicted octanol–water partition coefficient (Wildman–Crippen LogP) is 2.18. The Balaban J connectivity index is 2.18. The molecule has 0 saturated heterocycles. The first-order chi connectivity index (χ1) is 6.29. The number of benzene rings is 1. The second-order valence-electron chi connectivity index (χ2n) is 3.12. The highest BCUT2D eigenvalue weighted by Gasteiger charge is 2.23. The maximum Gasteiger partial charge on any atom is 0.152 e. The first kappa shape index (κ1) is 8.23. The van der Waals surface area contributed by atoms with E-state index in [1.165, 1.54) is 12.1 Å². The third-order valence-electron chi connectivity index (χ3n) is 1.93. The third-order valence-corrected chi connectivity index (χ3v) is 1.93. The molecule has 0 atom stereocenters. The van der Waals surface area contributed by atoms with Gasteiger partial charge in [-0.05, 0) is 25.0 Å². The number of rotatable bonds is 3. The van der Waals surface area contributed by atoms with E-state index < -0.39 is 5.82 Å². The van der Waals surface area contributed by atoms with Crippen LogP contribution in [0.5, 0.6) is 5.75 Å². The summed E-state index contributed by atoms with van der Waals surface area (Å²) in [6.07, 6.45) is 2.83. The van der Waals surface area contributed by atoms with Crippen molar-refractivity contribution in [3.63, 3.8) is 0 Å². The maximum absolute atomic E-state index is 13.0. The molecule has 3 heteroatoms. The minimum Gasteiger partial charge on any atom is -0.490 e. The van der Waals surface area contributed by atoms with Crippen molar-refractivity contribution in [3.8, 4) is 5.75 Å². The standard InChI is InChI=1S/C10H9FO2/c11-10-5-9(13-8-3-4-8)2-1-7(10)6-12/h1-2,5-6,8H,3-4H2. The van der Waals surface area contributed by atoms with Crippen LogP contribution in [0.3, 0.4) is 0 Å². The van der Waals surface area contributed by atoms with Crippen LogP contribution in [0.4, 0.5) is 4.39 Å². The minimum atomic E-state index is -0.520. The summed E-state index contributed by atoms with van der Waals surface area (Å²) in [5.41, 5.74) is 0.0724. The molecule has 1 saturated carbocycles. The van der Waals surface area contributed by atoms with Gasteiger partial charge in [-0.15, -0.1) is 0 Å². The zero-order valence-electron chi connectivity index (χ0n) is 7.00. The van der Waals surface area contributed by atoms with E-state index in [2.05, 4.69) is 0 Å². The van der Waals surface area contributed by atoms with Gasteiger partial charge in [0.2, 0.25) is 0 Å². The molecule has 2 rings (SSSR count). The van der Waals surface area contributed by atoms with E-state index >= 15 is 0 Å². The maximum atomic E-state index is 13.0. The zero-order chi connectivity index (χ0) is 9.26. The van der Waals surface area contributed by atoms with Crippen LogP contribution in [0.1, 0.15) is 23.2 Å². The summed E-state index contributed by atoms with van der Waals surface area (Å²) < 4.78 is 18.4. The highest BCUT2D eigenvalue weighted by Crippen LogP contribution is 2.27. The van der Waals surface area contributed by atoms with E-state index in [9.17, 15) is 9.18 Å². The minimum absolute atomic E-state index is 0.0724. The number of carbonyl (C=O) groups is 1. The summed E-state index contributed by atoms with van der Waals surface area (Å²) >= 11 is 0. The van der Waals surface area contributed by atoms with Crippen molar-refractivity contribution in [3.05, 3.63) is 29.6 Å². The molecule has 0 radical (unpaired) electrons. The second kappa shape index (κ2) is 3.17. The van der Waals surface area contributed by atoms with Gasteiger partial charge in [0.15, 0.2) is 6.29 Å². The van der Waals surface area contributed by atoms with Crippen molar-refractivity contribution < 1.29 is 13.9 Å². The Hall–Kier alpha value is -1.38. The summed E-state index contributed by atoms with van der Waals surface area (Å²) in [6, 6.07) is 4.30. The molecular formula is C10H9FO2. The molecule has 1 fully saturated rings. The largest absolute Gasteiger partial charge is 0.490 e. The topological polar surface area (TPSA) is 26.3 Å². The van der Waals surface area contributed by atoms with Gasteiger partial charge in [0.25, 0.3) is 0 Å². The van der Waals surface area contributed by atoms with Crippen molar-refractivity contribution in [1.29, 1.82) is 0 Å². The number of ether oxygens (including phenoxy) is 1. The third kappa shape index (κ3) is 1.86. The Bertz CT molecular complexity index is 332. The SMILES string of the molecule is O=Cc1ccc(OC2CC2)cc1F. The van der Waals surface area contributed by atoms with Gasteiger partial charge in [-0.2, -0.15) is 0 Å². The summed E-state index contributed by atoms with van der Waals surface area (Å²) in [4.78, 5) is 10.3. The van der Waals surface area contributed by atoms with Crippen molar-refractivity contribution in [2.45, 2.75) is 18.9 Å². The molecule has 0 N–H and O–H groups in total. The average molecular weight is 180 g/mol. The highest BCUT2D eigenvalue weighted by atomic mass is 19.1. The molecule has 1 aliphatic carbocycles. The van der Waals surface area contributed by atoms with Gasteiger partial charge in [0.05, 0.1) is 11.7 Å². The Kier molecular flexibility index (Phi) is 2.00. The Morgan fingerprint density at radius 1 is 1.46 bits per heavy atom. The number of halogens is 1. The van der Waals surface area contributed by atoms with Crippen LogP contribution < -0.4 is 4.74 Å². The molecule has 0 heterocycles. The monoisotopic (exact) mass is 180 g/mol. The summed E-state index contributed by atoms with van der Waals surface area (Å²) in [5.74, 6) is -0.0150. The fraction of sp³-hybridized carbons (Fsp3) is 0.300. The molecule has 0 amide bonds. The Morgan fingerprint density at radius 2 is 2.23 bits per heavy atom. The first-order valence-electron chi connectivity index (χ1n) is 4.21. The Labute approximate surface area is 75.3 Å². The molecule has 68 valence electrons. The van der Waals surface area contributed by atoms with E-state index in [-0.39, 0.29) is 11.7 Å². The van der Waals surface area contributed by atoms with Crippen molar-refractivity contribution in [2.75, 3.05) is 0 Å². The predicted molar refractivity (Wildman–Crippen MR) is 45.4 cm³/mol. The molecule has 1 aromatic rings. The molecule has 0 bridgehead atoms. The molecule has 13 heavy (non-hydrogen) atoms. The van der Waals surface area contributed by atoms with Gasteiger partial charge < -0.3 is 4.74 Å². The van der Waals surface area contributed by atoms with E-state index in [0.29, 0.717) is 12.0 Å². The van der Waals surface area contributed by atoms with E-state index in [1.807, 2.05) is 0 Å². The lowest BCUT2D eigenvalue weighted by molar-refractivity contribution is 0.112. The normalized spacial score (nSPS) is 15.5. The molecule has 1 aliphatic rings. The molecular weight excluding hydrogens is 171 g/mol. The number of hydrogen-bond donors (Lipinski definition) is 0. The number of aldehydes is 1. The molecule has 1 aromatic carbocycles. The number of hydrogen-bond acceptors (Lipinski definition) is 2. The average Bonchev–Trinajstić information content (AvgIpc) is 2.89. The van der Waals surface area contributed by atoms with Gasteiger partial charge in [-0.1, -0.05) is 0 Å². The smallest absolute Gasteiger partial charge is 0.152 e. The lowest BCUT2D eigenvalue weighted by atomic mass is 10.2. The van der Waals surface area contributed by atoms with Gasteiger partial charge in [-0.25, -0.2) is 4.39 Å². The van der Waals surface area contributed by atoms with Crippen molar-refractivity contribution in [1.82, 2.24) is 0 Å². The first-order valence-corrected chi connectivity index (χ1v) is 4.21. The van der Waals surface area contributed by atoms with E-state index in [0.717, 1.165) is 12.8 Å². The highest BCUT2D eigenvalue weighted by molar-refractivity contribution is 5.75. The van der Waals surface area contributed by atoms with Gasteiger partial charge >= 0.3 is 0 Å². The van der Waals surface area contributed by atoms with E-state index in [1.54, 1.807) is 6.07 Å². The van der Waals surface area contributed by atoms with Crippen molar-refractivity contribution in [2.24, 2.45) is 0 Å². The molecule has 0 unspecified atom stereocenters. The van der Waals surface area contributed by atoms with Crippen LogP contribution in [-0.4, -0.2) is 12.4 Å². The van der Waals surface area contributed by atoms with Crippen LogP contribution in [0.25, 0.3) is 0 Å². The zero-order valence-corrected chi connectivity index (χ0v) is 7.00. The molecule has 0 aliphatic heterocycles. The van der Waals surface area contributed by atoms with Gasteiger partial charge in [0, 0.05) is 6.07 Å². The van der Waals surface area contributed by atoms with Gasteiger partial charge in [-0.3, -0.25) is 4.79 Å². The molecule has 0 spiro atoms. The fourth-order valence-electron chi connectivity index (χ4n) is 1.06. The molecule has 0 aromatic heterocycles. The van der Waals surface area contributed by atoms with Crippen LogP contribution >= 0.6 is 0 Å². The van der Waals surface area contributed by atoms with Crippen molar-refractivity contribution >= 4 is 6.29 Å². The quantitative estimate of drug-likeness (QED) is 0.666. The second-order valence-corrected chi connectivity index (χ2v) is 3.12. The summed E-state index contributed by atoms with van der Waals surface area (Å²) in [5, 5.41) is 0. The lowest BCUT2D eigenvalue weighted by Gasteiger charge is -2.04.